The highest BCUT2D eigenvalue weighted by molar-refractivity contribution is 6.36. The minimum Gasteiger partial charge on any atom is -0.375 e. The summed E-state index contributed by atoms with van der Waals surface area (Å²) in [5.41, 5.74) is 6.07. The van der Waals surface area contributed by atoms with E-state index in [0.717, 1.165) is 33.4 Å². The number of benzene rings is 6. The van der Waals surface area contributed by atoms with Gasteiger partial charge in [0.15, 0.2) is 0 Å². The number of hydrogen-bond donors (Lipinski definition) is 0. The molecule has 0 radical (unpaired) electrons. The molecule has 0 heterocycles. The molecule has 0 N–H and O–H groups in total. The van der Waals surface area contributed by atoms with Gasteiger partial charge in [-0.1, -0.05) is 182 Å². The van der Waals surface area contributed by atoms with Crippen molar-refractivity contribution in [1.82, 2.24) is 0 Å². The third-order valence-corrected chi connectivity index (χ3v) is 7.36. The van der Waals surface area contributed by atoms with Gasteiger partial charge in [-0.2, -0.15) is 0 Å². The standard InChI is InChI=1S/C39H33BO3/c1-7-19-31(20-8-1)37(32-21-9-2-10-22-32)41-40(42-38(33-23-11-3-12-24-33)34-25-13-4-14-26-34)43-39(35-27-15-5-16-28-35)36-29-17-6-18-30-36/h1-30,37-39H. The van der Waals surface area contributed by atoms with Crippen LogP contribution in [0.4, 0.5) is 0 Å². The summed E-state index contributed by atoms with van der Waals surface area (Å²) in [6.07, 6.45) is -1.27. The fourth-order valence-electron chi connectivity index (χ4n) is 5.25. The van der Waals surface area contributed by atoms with Crippen molar-refractivity contribution in [3.05, 3.63) is 215 Å². The minimum absolute atomic E-state index is 0.424. The summed E-state index contributed by atoms with van der Waals surface area (Å²) in [5, 5.41) is 0. The topological polar surface area (TPSA) is 27.7 Å². The Labute approximate surface area is 254 Å². The van der Waals surface area contributed by atoms with Crippen LogP contribution in [-0.4, -0.2) is 7.32 Å². The molecular formula is C39H33BO3. The van der Waals surface area contributed by atoms with Gasteiger partial charge in [-0.25, -0.2) is 0 Å². The predicted octanol–water partition coefficient (Wildman–Crippen LogP) is 9.39. The SMILES string of the molecule is c1ccc(C(OB(OC(c2ccccc2)c2ccccc2)OC(c2ccccc2)c2ccccc2)c2ccccc2)cc1. The van der Waals surface area contributed by atoms with Crippen LogP contribution >= 0.6 is 0 Å². The van der Waals surface area contributed by atoms with Crippen molar-refractivity contribution in [2.75, 3.05) is 0 Å². The number of hydrogen-bond acceptors (Lipinski definition) is 3. The molecule has 0 amide bonds. The van der Waals surface area contributed by atoms with Crippen molar-refractivity contribution in [3.63, 3.8) is 0 Å². The second kappa shape index (κ2) is 14.4. The lowest BCUT2D eigenvalue weighted by molar-refractivity contribution is 0.0336. The summed E-state index contributed by atoms with van der Waals surface area (Å²) >= 11 is 0. The maximum atomic E-state index is 6.93. The fraction of sp³-hybridized carbons (Fsp3) is 0.0769. The molecule has 6 aromatic rings. The quantitative estimate of drug-likeness (QED) is 0.140. The fourth-order valence-corrected chi connectivity index (χ4v) is 5.25. The van der Waals surface area contributed by atoms with Gasteiger partial charge in [0.2, 0.25) is 0 Å². The zero-order chi connectivity index (χ0) is 29.1. The molecule has 0 saturated heterocycles. The summed E-state index contributed by atoms with van der Waals surface area (Å²) in [7, 11) is -1.04. The molecule has 6 rings (SSSR count). The third-order valence-electron chi connectivity index (χ3n) is 7.36. The van der Waals surface area contributed by atoms with Crippen LogP contribution in [0.3, 0.4) is 0 Å². The van der Waals surface area contributed by atoms with E-state index < -0.39 is 25.6 Å². The Morgan fingerprint density at radius 1 is 0.256 bits per heavy atom. The minimum atomic E-state index is -1.04. The second-order valence-electron chi connectivity index (χ2n) is 10.3. The first-order valence-corrected chi connectivity index (χ1v) is 14.6. The van der Waals surface area contributed by atoms with Crippen molar-refractivity contribution >= 4 is 7.32 Å². The molecule has 0 aromatic heterocycles. The summed E-state index contributed by atoms with van der Waals surface area (Å²) in [6, 6.07) is 61.3. The molecule has 0 fully saturated rings. The van der Waals surface area contributed by atoms with E-state index in [1.165, 1.54) is 0 Å². The van der Waals surface area contributed by atoms with Crippen LogP contribution in [-0.2, 0) is 14.0 Å². The highest BCUT2D eigenvalue weighted by atomic mass is 16.7. The van der Waals surface area contributed by atoms with Crippen molar-refractivity contribution in [3.8, 4) is 0 Å². The molecule has 0 bridgehead atoms. The predicted molar refractivity (Wildman–Crippen MR) is 173 cm³/mol. The van der Waals surface area contributed by atoms with Crippen molar-refractivity contribution in [2.45, 2.75) is 18.3 Å². The second-order valence-corrected chi connectivity index (χ2v) is 10.3. The first-order valence-electron chi connectivity index (χ1n) is 14.6. The van der Waals surface area contributed by atoms with Gasteiger partial charge >= 0.3 is 7.32 Å². The zero-order valence-electron chi connectivity index (χ0n) is 23.9. The largest absolute Gasteiger partial charge is 0.641 e. The van der Waals surface area contributed by atoms with Crippen LogP contribution in [0.2, 0.25) is 0 Å². The van der Waals surface area contributed by atoms with E-state index in [2.05, 4.69) is 72.8 Å². The van der Waals surface area contributed by atoms with E-state index in [9.17, 15) is 0 Å². The van der Waals surface area contributed by atoms with Gasteiger partial charge in [-0.05, 0) is 33.4 Å². The molecule has 0 saturated carbocycles. The highest BCUT2D eigenvalue weighted by Gasteiger charge is 2.35. The Morgan fingerprint density at radius 3 is 0.581 bits per heavy atom. The van der Waals surface area contributed by atoms with Gasteiger partial charge < -0.3 is 14.0 Å². The lowest BCUT2D eigenvalue weighted by Crippen LogP contribution is -2.33. The molecule has 0 aliphatic rings. The average Bonchev–Trinajstić information content (AvgIpc) is 3.10. The summed E-state index contributed by atoms with van der Waals surface area (Å²) in [5.74, 6) is 0. The first-order chi connectivity index (χ1) is 21.3. The lowest BCUT2D eigenvalue weighted by atomic mass is 9.96. The van der Waals surface area contributed by atoms with Gasteiger partial charge in [0.25, 0.3) is 0 Å². The van der Waals surface area contributed by atoms with Crippen LogP contribution in [0, 0.1) is 0 Å². The lowest BCUT2D eigenvalue weighted by Gasteiger charge is -2.30. The summed E-state index contributed by atoms with van der Waals surface area (Å²) in [4.78, 5) is 0. The maximum Gasteiger partial charge on any atom is 0.641 e. The summed E-state index contributed by atoms with van der Waals surface area (Å²) < 4.78 is 20.8. The first kappa shape index (κ1) is 28.4. The van der Waals surface area contributed by atoms with Crippen LogP contribution < -0.4 is 0 Å². The monoisotopic (exact) mass is 560 g/mol. The van der Waals surface area contributed by atoms with Crippen molar-refractivity contribution in [1.29, 1.82) is 0 Å². The average molecular weight is 561 g/mol. The Balaban J connectivity index is 1.43. The van der Waals surface area contributed by atoms with E-state index in [1.807, 2.05) is 109 Å². The maximum absolute atomic E-state index is 6.93. The van der Waals surface area contributed by atoms with Crippen molar-refractivity contribution in [2.24, 2.45) is 0 Å². The molecule has 3 nitrogen and oxygen atoms in total. The van der Waals surface area contributed by atoms with Gasteiger partial charge in [-0.15, -0.1) is 0 Å². The van der Waals surface area contributed by atoms with E-state index in [0.29, 0.717) is 0 Å². The van der Waals surface area contributed by atoms with E-state index in [1.54, 1.807) is 0 Å². The Hall–Kier alpha value is -4.74. The van der Waals surface area contributed by atoms with Gasteiger partial charge in [0, 0.05) is 0 Å². The Kier molecular flexibility index (Phi) is 9.53. The molecule has 0 aliphatic carbocycles. The zero-order valence-corrected chi connectivity index (χ0v) is 23.9. The smallest absolute Gasteiger partial charge is 0.375 e. The molecule has 0 unspecified atom stereocenters. The normalized spacial score (nSPS) is 11.2. The highest BCUT2D eigenvalue weighted by Crippen LogP contribution is 2.35. The van der Waals surface area contributed by atoms with E-state index in [4.69, 9.17) is 14.0 Å². The molecule has 6 aromatic carbocycles. The van der Waals surface area contributed by atoms with Crippen molar-refractivity contribution < 1.29 is 14.0 Å². The van der Waals surface area contributed by atoms with Gasteiger partial charge in [-0.3, -0.25) is 0 Å². The third kappa shape index (κ3) is 7.38. The molecule has 4 heteroatoms. The molecule has 0 spiro atoms. The molecule has 43 heavy (non-hydrogen) atoms. The van der Waals surface area contributed by atoms with E-state index >= 15 is 0 Å². The molecule has 0 atom stereocenters. The molecule has 210 valence electrons. The van der Waals surface area contributed by atoms with Crippen LogP contribution in [0.15, 0.2) is 182 Å². The Morgan fingerprint density at radius 2 is 0.419 bits per heavy atom. The number of rotatable bonds is 12. The van der Waals surface area contributed by atoms with Crippen LogP contribution in [0.1, 0.15) is 51.7 Å². The van der Waals surface area contributed by atoms with Crippen LogP contribution in [0.5, 0.6) is 0 Å². The molecule has 0 aliphatic heterocycles. The van der Waals surface area contributed by atoms with Gasteiger partial charge in [0.05, 0.1) is 18.3 Å². The van der Waals surface area contributed by atoms with E-state index in [-0.39, 0.29) is 0 Å². The Bertz CT molecular complexity index is 1310. The van der Waals surface area contributed by atoms with Crippen LogP contribution in [0.25, 0.3) is 0 Å². The molecular weight excluding hydrogens is 527 g/mol. The summed E-state index contributed by atoms with van der Waals surface area (Å²) in [6.45, 7) is 0. The van der Waals surface area contributed by atoms with Gasteiger partial charge in [0.1, 0.15) is 0 Å².